The van der Waals surface area contributed by atoms with Crippen LogP contribution in [0.25, 0.3) is 11.3 Å². The third kappa shape index (κ3) is 3.11. The smallest absolute Gasteiger partial charge is 0.235 e. The van der Waals surface area contributed by atoms with Crippen molar-refractivity contribution in [2.24, 2.45) is 29.4 Å². The van der Waals surface area contributed by atoms with Gasteiger partial charge >= 0.3 is 0 Å². The van der Waals surface area contributed by atoms with Gasteiger partial charge in [0.15, 0.2) is 34.7 Å². The lowest BCUT2D eigenvalue weighted by Gasteiger charge is -2.52. The summed E-state index contributed by atoms with van der Waals surface area (Å²) in [5.74, 6) is -10.6. The van der Waals surface area contributed by atoms with Gasteiger partial charge in [-0.3, -0.25) is 33.9 Å². The highest BCUT2D eigenvalue weighted by molar-refractivity contribution is 6.32. The van der Waals surface area contributed by atoms with Gasteiger partial charge in [-0.2, -0.15) is 0 Å². The number of aromatic hydroxyl groups is 1. The lowest BCUT2D eigenvalue weighted by Crippen LogP contribution is -2.74. The third-order valence-electron chi connectivity index (χ3n) is 7.89. The lowest BCUT2D eigenvalue weighted by atomic mass is 9.52. The van der Waals surface area contributed by atoms with Crippen LogP contribution < -0.4 is 5.73 Å². The van der Waals surface area contributed by atoms with E-state index in [9.17, 15) is 34.2 Å². The van der Waals surface area contributed by atoms with Gasteiger partial charge in [-0.05, 0) is 62.7 Å². The number of amides is 1. The van der Waals surface area contributed by atoms with E-state index >= 15 is 0 Å². The topological polar surface area (TPSA) is 168 Å². The summed E-state index contributed by atoms with van der Waals surface area (Å²) in [5, 5.41) is 22.2. The molecule has 1 amide bonds. The number of nitrogens with two attached hydrogens (primary N) is 1. The zero-order valence-corrected chi connectivity index (χ0v) is 19.7. The van der Waals surface area contributed by atoms with Crippen molar-refractivity contribution >= 4 is 29.0 Å². The molecule has 0 spiro atoms. The fourth-order valence-corrected chi connectivity index (χ4v) is 6.37. The quantitative estimate of drug-likeness (QED) is 0.498. The van der Waals surface area contributed by atoms with Crippen molar-refractivity contribution in [1.29, 1.82) is 0 Å². The Labute approximate surface area is 206 Å². The SMILES string of the molecule is CN(C)[C@H]1C(=O)C(C(N)=O)C(=O)[C@]2(O)C(=O)C3C(=O)c4c(O)ccc(-c5ccccn5)c4C[C@@H]3C[C@H]12. The Morgan fingerprint density at radius 3 is 2.44 bits per heavy atom. The molecule has 0 saturated heterocycles. The lowest BCUT2D eigenvalue weighted by molar-refractivity contribution is -0.181. The number of carbonyl (C=O) groups is 5. The van der Waals surface area contributed by atoms with E-state index in [4.69, 9.17) is 5.73 Å². The van der Waals surface area contributed by atoms with E-state index in [-0.39, 0.29) is 24.2 Å². The average Bonchev–Trinajstić information content (AvgIpc) is 2.81. The normalized spacial score (nSPS) is 31.6. The second-order valence-corrected chi connectivity index (χ2v) is 9.99. The van der Waals surface area contributed by atoms with Crippen molar-refractivity contribution in [3.05, 3.63) is 47.7 Å². The minimum absolute atomic E-state index is 0.00120. The summed E-state index contributed by atoms with van der Waals surface area (Å²) in [4.78, 5) is 71.7. The molecule has 4 N–H and O–H groups in total. The summed E-state index contributed by atoms with van der Waals surface area (Å²) >= 11 is 0. The Balaban J connectivity index is 1.66. The number of aromatic nitrogens is 1. The minimum Gasteiger partial charge on any atom is -0.507 e. The molecule has 2 aromatic rings. The van der Waals surface area contributed by atoms with Crippen LogP contribution in [0.5, 0.6) is 5.75 Å². The summed E-state index contributed by atoms with van der Waals surface area (Å²) in [7, 11) is 3.10. The van der Waals surface area contributed by atoms with Crippen LogP contribution in [-0.4, -0.2) is 74.9 Å². The fourth-order valence-electron chi connectivity index (χ4n) is 6.37. The van der Waals surface area contributed by atoms with Gasteiger partial charge in [-0.15, -0.1) is 0 Å². The monoisotopic (exact) mass is 491 g/mol. The van der Waals surface area contributed by atoms with Gasteiger partial charge in [0.2, 0.25) is 5.91 Å². The van der Waals surface area contributed by atoms with Crippen molar-refractivity contribution in [1.82, 2.24) is 9.88 Å². The number of rotatable bonds is 3. The van der Waals surface area contributed by atoms with Gasteiger partial charge in [0, 0.05) is 17.7 Å². The number of phenols is 1. The number of Topliss-reactive ketones (excluding diaryl/α,β-unsaturated/α-hetero) is 4. The molecule has 6 atom stereocenters. The van der Waals surface area contributed by atoms with E-state index in [0.29, 0.717) is 16.8 Å². The number of phenolic OH excluding ortho intramolecular Hbond substituents is 1. The predicted molar refractivity (Wildman–Crippen MR) is 125 cm³/mol. The van der Waals surface area contributed by atoms with Gasteiger partial charge in [0.25, 0.3) is 0 Å². The summed E-state index contributed by atoms with van der Waals surface area (Å²) in [6.07, 6.45) is 1.79. The first-order valence-electron chi connectivity index (χ1n) is 11.6. The van der Waals surface area contributed by atoms with Crippen molar-refractivity contribution in [2.45, 2.75) is 24.5 Å². The number of primary amides is 1. The maximum atomic E-state index is 13.8. The molecule has 2 unspecified atom stereocenters. The standard InChI is InChI=1S/C26H25N3O7/c1-29(2)20-14-10-11-9-13-12(15-5-3-4-8-28-15)6-7-16(30)18(13)21(31)17(11)23(33)26(14,36)24(34)19(22(20)32)25(27)35/h3-8,11,14,17,19-20,30,36H,9-10H2,1-2H3,(H2,27,35)/t11-,14-,17?,19?,20-,26-/m1/s1. The maximum absolute atomic E-state index is 13.8. The number of hydrogen-bond donors (Lipinski definition) is 3. The molecule has 5 rings (SSSR count). The highest BCUT2D eigenvalue weighted by Crippen LogP contribution is 2.51. The van der Waals surface area contributed by atoms with E-state index in [1.807, 2.05) is 0 Å². The molecule has 0 bridgehead atoms. The molecule has 0 aliphatic heterocycles. The number of pyridine rings is 1. The summed E-state index contributed by atoms with van der Waals surface area (Å²) in [6, 6.07) is 7.16. The van der Waals surface area contributed by atoms with Gasteiger partial charge in [0.05, 0.1) is 23.2 Å². The molecule has 2 saturated carbocycles. The molecule has 3 aliphatic rings. The van der Waals surface area contributed by atoms with E-state index < -0.39 is 64.4 Å². The molecule has 0 radical (unpaired) electrons. The molecule has 186 valence electrons. The zero-order chi connectivity index (χ0) is 26.1. The van der Waals surface area contributed by atoms with Crippen LogP contribution >= 0.6 is 0 Å². The third-order valence-corrected chi connectivity index (χ3v) is 7.89. The molecule has 3 aliphatic carbocycles. The fraction of sp³-hybridized carbons (Fsp3) is 0.385. The number of ketones is 4. The number of likely N-dealkylation sites (N-methyl/N-ethyl adjacent to an activating group) is 1. The summed E-state index contributed by atoms with van der Waals surface area (Å²) in [6.45, 7) is 0. The molecule has 36 heavy (non-hydrogen) atoms. The van der Waals surface area contributed by atoms with Crippen LogP contribution in [0.15, 0.2) is 36.5 Å². The summed E-state index contributed by atoms with van der Waals surface area (Å²) in [5.41, 5.74) is 4.26. The molecular formula is C26H25N3O7. The van der Waals surface area contributed by atoms with Crippen LogP contribution in [0.1, 0.15) is 22.3 Å². The van der Waals surface area contributed by atoms with Crippen molar-refractivity contribution in [2.75, 3.05) is 14.1 Å². The first kappa shape index (κ1) is 24.0. The van der Waals surface area contributed by atoms with Crippen LogP contribution in [0, 0.1) is 23.7 Å². The van der Waals surface area contributed by atoms with Gasteiger partial charge < -0.3 is 15.9 Å². The number of aliphatic hydroxyl groups is 1. The van der Waals surface area contributed by atoms with Gasteiger partial charge in [-0.25, -0.2) is 0 Å². The Kier molecular flexibility index (Phi) is 5.42. The van der Waals surface area contributed by atoms with E-state index in [1.165, 1.54) is 11.0 Å². The van der Waals surface area contributed by atoms with E-state index in [1.54, 1.807) is 44.6 Å². The number of fused-ring (bicyclic) bond motifs is 3. The van der Waals surface area contributed by atoms with Crippen LogP contribution in [0.2, 0.25) is 0 Å². The van der Waals surface area contributed by atoms with Crippen molar-refractivity contribution < 1.29 is 34.2 Å². The Morgan fingerprint density at radius 2 is 1.83 bits per heavy atom. The first-order chi connectivity index (χ1) is 17.0. The Bertz CT molecular complexity index is 1340. The van der Waals surface area contributed by atoms with Gasteiger partial charge in [0.1, 0.15) is 5.75 Å². The second kappa shape index (κ2) is 8.14. The molecule has 2 fully saturated rings. The van der Waals surface area contributed by atoms with Crippen LogP contribution in [0.3, 0.4) is 0 Å². The van der Waals surface area contributed by atoms with Crippen molar-refractivity contribution in [3.63, 3.8) is 0 Å². The second-order valence-electron chi connectivity index (χ2n) is 9.99. The Morgan fingerprint density at radius 1 is 1.11 bits per heavy atom. The van der Waals surface area contributed by atoms with Gasteiger partial charge in [-0.1, -0.05) is 6.07 Å². The first-order valence-corrected chi connectivity index (χ1v) is 11.6. The molecule has 1 aromatic heterocycles. The largest absolute Gasteiger partial charge is 0.507 e. The number of benzene rings is 1. The zero-order valence-electron chi connectivity index (χ0n) is 19.7. The predicted octanol–water partition coefficient (Wildman–Crippen LogP) is -0.0710. The molecule has 1 aromatic carbocycles. The molecular weight excluding hydrogens is 466 g/mol. The van der Waals surface area contributed by atoms with Crippen molar-refractivity contribution in [3.8, 4) is 17.0 Å². The molecule has 10 nitrogen and oxygen atoms in total. The average molecular weight is 492 g/mol. The van der Waals surface area contributed by atoms with E-state index in [2.05, 4.69) is 4.98 Å². The number of nitrogens with zero attached hydrogens (tertiary/aromatic N) is 2. The summed E-state index contributed by atoms with van der Waals surface area (Å²) < 4.78 is 0. The number of hydrogen-bond acceptors (Lipinski definition) is 9. The highest BCUT2D eigenvalue weighted by Gasteiger charge is 2.69. The molecule has 1 heterocycles. The minimum atomic E-state index is -2.73. The Hall–Kier alpha value is -3.76. The highest BCUT2D eigenvalue weighted by atomic mass is 16.3. The van der Waals surface area contributed by atoms with E-state index in [0.717, 1.165) is 0 Å². The maximum Gasteiger partial charge on any atom is 0.235 e. The molecule has 10 heteroatoms. The van der Waals surface area contributed by atoms with Crippen LogP contribution in [0.4, 0.5) is 0 Å². The van der Waals surface area contributed by atoms with Crippen LogP contribution in [-0.2, 0) is 25.6 Å². The number of carbonyl (C=O) groups excluding carboxylic acids is 5.